The molecule has 0 bridgehead atoms. The van der Waals surface area contributed by atoms with Crippen molar-refractivity contribution in [2.24, 2.45) is 0 Å². The Labute approximate surface area is 75.0 Å². The van der Waals surface area contributed by atoms with Crippen molar-refractivity contribution >= 4 is 23.5 Å². The summed E-state index contributed by atoms with van der Waals surface area (Å²) in [6.07, 6.45) is 3.02. The molecular weight excluding hydrogens is 167 g/mol. The van der Waals surface area contributed by atoms with E-state index >= 15 is 0 Å². The van der Waals surface area contributed by atoms with Gasteiger partial charge in [-0.1, -0.05) is 18.2 Å². The van der Waals surface area contributed by atoms with Crippen molar-refractivity contribution < 1.29 is 10.0 Å². The summed E-state index contributed by atoms with van der Waals surface area (Å²) in [4.78, 5) is 7.81. The first-order valence-electron chi connectivity index (χ1n) is 3.84. The van der Waals surface area contributed by atoms with Crippen LogP contribution in [0.25, 0.3) is 10.9 Å². The molecule has 64 valence electrons. The lowest BCUT2D eigenvalue weighted by Gasteiger charge is -2.02. The summed E-state index contributed by atoms with van der Waals surface area (Å²) < 4.78 is 0. The third kappa shape index (κ3) is 1.39. The van der Waals surface area contributed by atoms with Gasteiger partial charge in [-0.2, -0.15) is 0 Å². The van der Waals surface area contributed by atoms with Crippen LogP contribution in [0.5, 0.6) is 0 Å². The van der Waals surface area contributed by atoms with Crippen molar-refractivity contribution in [1.29, 1.82) is 0 Å². The molecule has 1 aromatic carbocycles. The molecule has 0 saturated heterocycles. The first-order valence-corrected chi connectivity index (χ1v) is 3.84. The number of hydrogen-bond donors (Lipinski definition) is 2. The summed E-state index contributed by atoms with van der Waals surface area (Å²) in [5, 5.41) is 18.8. The number of benzene rings is 1. The van der Waals surface area contributed by atoms with E-state index in [1.54, 1.807) is 18.3 Å². The number of fused-ring (bicyclic) bond motifs is 1. The molecule has 13 heavy (non-hydrogen) atoms. The highest BCUT2D eigenvalue weighted by Crippen LogP contribution is 2.05. The highest BCUT2D eigenvalue weighted by atomic mass is 16.4. The van der Waals surface area contributed by atoms with Crippen LogP contribution in [0, 0.1) is 0 Å². The smallest absolute Gasteiger partial charge is 0.423 e. The summed E-state index contributed by atoms with van der Waals surface area (Å²) >= 11 is 0. The minimum atomic E-state index is -1.49. The lowest BCUT2D eigenvalue weighted by molar-refractivity contribution is 0.426. The molecule has 2 aromatic rings. The Bertz CT molecular complexity index is 428. The molecule has 2 rings (SSSR count). The molecule has 1 aromatic heterocycles. The Balaban J connectivity index is 2.76. The van der Waals surface area contributed by atoms with Gasteiger partial charge in [0.15, 0.2) is 0 Å². The minimum absolute atomic E-state index is 0.403. The molecule has 0 amide bonds. The minimum Gasteiger partial charge on any atom is -0.423 e. The zero-order chi connectivity index (χ0) is 9.26. The van der Waals surface area contributed by atoms with E-state index in [0.29, 0.717) is 11.0 Å². The van der Waals surface area contributed by atoms with Gasteiger partial charge in [-0.3, -0.25) is 0 Å². The van der Waals surface area contributed by atoms with Crippen molar-refractivity contribution in [2.45, 2.75) is 0 Å². The standard InChI is InChI=1S/C8H7BN2O2/c12-9(13)7-3-1-2-6-4-10-5-11-8(6)7/h1-5,12-13H. The van der Waals surface area contributed by atoms with Gasteiger partial charge in [0.25, 0.3) is 0 Å². The molecule has 4 nitrogen and oxygen atoms in total. The van der Waals surface area contributed by atoms with Crippen LogP contribution >= 0.6 is 0 Å². The van der Waals surface area contributed by atoms with Gasteiger partial charge >= 0.3 is 7.12 Å². The second kappa shape index (κ2) is 3.12. The van der Waals surface area contributed by atoms with Gasteiger partial charge in [-0.25, -0.2) is 9.97 Å². The van der Waals surface area contributed by atoms with Crippen molar-refractivity contribution in [3.63, 3.8) is 0 Å². The molecule has 0 saturated carbocycles. The molecule has 0 aliphatic carbocycles. The van der Waals surface area contributed by atoms with Crippen molar-refractivity contribution in [3.05, 3.63) is 30.7 Å². The van der Waals surface area contributed by atoms with E-state index in [1.807, 2.05) is 6.07 Å². The number of rotatable bonds is 1. The number of hydrogen-bond acceptors (Lipinski definition) is 4. The second-order valence-corrected chi connectivity index (χ2v) is 2.68. The number of aromatic nitrogens is 2. The molecule has 5 heteroatoms. The molecule has 0 radical (unpaired) electrons. The van der Waals surface area contributed by atoms with Gasteiger partial charge in [0.2, 0.25) is 0 Å². The van der Waals surface area contributed by atoms with Crippen LogP contribution in [0.4, 0.5) is 0 Å². The third-order valence-electron chi connectivity index (χ3n) is 1.84. The van der Waals surface area contributed by atoms with Gasteiger partial charge in [0.1, 0.15) is 6.33 Å². The highest BCUT2D eigenvalue weighted by molar-refractivity contribution is 6.61. The fourth-order valence-corrected chi connectivity index (χ4v) is 1.25. The van der Waals surface area contributed by atoms with E-state index in [4.69, 9.17) is 10.0 Å². The molecule has 2 N–H and O–H groups in total. The number of para-hydroxylation sites is 1. The Hall–Kier alpha value is -1.46. The lowest BCUT2D eigenvalue weighted by Crippen LogP contribution is -2.30. The van der Waals surface area contributed by atoms with Crippen LogP contribution in [-0.4, -0.2) is 27.1 Å². The predicted octanol–water partition coefficient (Wildman–Crippen LogP) is -0.690. The molecule has 0 spiro atoms. The van der Waals surface area contributed by atoms with Crippen molar-refractivity contribution in [1.82, 2.24) is 9.97 Å². The summed E-state index contributed by atoms with van der Waals surface area (Å²) in [6.45, 7) is 0. The SMILES string of the molecule is OB(O)c1cccc2cncnc12. The average Bonchev–Trinajstić information content (AvgIpc) is 2.17. The topological polar surface area (TPSA) is 66.2 Å². The van der Waals surface area contributed by atoms with Crippen LogP contribution in [0.2, 0.25) is 0 Å². The van der Waals surface area contributed by atoms with Crippen LogP contribution < -0.4 is 5.46 Å². The van der Waals surface area contributed by atoms with Crippen LogP contribution in [0.3, 0.4) is 0 Å². The Morgan fingerprint density at radius 1 is 1.23 bits per heavy atom. The van der Waals surface area contributed by atoms with Gasteiger partial charge in [0.05, 0.1) is 5.52 Å². The Morgan fingerprint density at radius 2 is 2.08 bits per heavy atom. The van der Waals surface area contributed by atoms with E-state index in [1.165, 1.54) is 6.33 Å². The predicted molar refractivity (Wildman–Crippen MR) is 49.4 cm³/mol. The van der Waals surface area contributed by atoms with Crippen LogP contribution in [0.1, 0.15) is 0 Å². The molecule has 0 atom stereocenters. The summed E-state index contributed by atoms with van der Waals surface area (Å²) in [7, 11) is -1.49. The van der Waals surface area contributed by atoms with Gasteiger partial charge < -0.3 is 10.0 Å². The summed E-state index contributed by atoms with van der Waals surface area (Å²) in [6, 6.07) is 5.18. The maximum absolute atomic E-state index is 9.02. The summed E-state index contributed by atoms with van der Waals surface area (Å²) in [5.41, 5.74) is 0.979. The molecular formula is C8H7BN2O2. The fraction of sp³-hybridized carbons (Fsp3) is 0. The van der Waals surface area contributed by atoms with E-state index < -0.39 is 7.12 Å². The maximum Gasteiger partial charge on any atom is 0.490 e. The van der Waals surface area contributed by atoms with E-state index in [9.17, 15) is 0 Å². The zero-order valence-electron chi connectivity index (χ0n) is 6.75. The van der Waals surface area contributed by atoms with E-state index in [0.717, 1.165) is 5.39 Å². The summed E-state index contributed by atoms with van der Waals surface area (Å²) in [5.74, 6) is 0. The normalized spacial score (nSPS) is 10.3. The van der Waals surface area contributed by atoms with Crippen LogP contribution in [0.15, 0.2) is 30.7 Å². The molecule has 0 aliphatic heterocycles. The highest BCUT2D eigenvalue weighted by Gasteiger charge is 2.14. The van der Waals surface area contributed by atoms with Gasteiger partial charge in [-0.15, -0.1) is 0 Å². The fourth-order valence-electron chi connectivity index (χ4n) is 1.25. The molecule has 0 aliphatic rings. The largest absolute Gasteiger partial charge is 0.490 e. The van der Waals surface area contributed by atoms with Gasteiger partial charge in [-0.05, 0) is 0 Å². The monoisotopic (exact) mass is 174 g/mol. The first kappa shape index (κ1) is 8.16. The number of nitrogens with zero attached hydrogens (tertiary/aromatic N) is 2. The second-order valence-electron chi connectivity index (χ2n) is 2.68. The molecule has 0 fully saturated rings. The molecule has 1 heterocycles. The Kier molecular flexibility index (Phi) is 1.96. The Morgan fingerprint density at radius 3 is 2.85 bits per heavy atom. The van der Waals surface area contributed by atoms with Crippen molar-refractivity contribution in [3.8, 4) is 0 Å². The third-order valence-corrected chi connectivity index (χ3v) is 1.84. The quantitative estimate of drug-likeness (QED) is 0.561. The molecule has 0 unspecified atom stereocenters. The van der Waals surface area contributed by atoms with Crippen LogP contribution in [-0.2, 0) is 0 Å². The average molecular weight is 174 g/mol. The van der Waals surface area contributed by atoms with Crippen molar-refractivity contribution in [2.75, 3.05) is 0 Å². The zero-order valence-corrected chi connectivity index (χ0v) is 6.75. The maximum atomic E-state index is 9.02. The van der Waals surface area contributed by atoms with E-state index in [-0.39, 0.29) is 0 Å². The first-order chi connectivity index (χ1) is 6.29. The lowest BCUT2D eigenvalue weighted by atomic mass is 9.79. The van der Waals surface area contributed by atoms with Gasteiger partial charge in [0, 0.05) is 17.0 Å². The van der Waals surface area contributed by atoms with E-state index in [2.05, 4.69) is 9.97 Å².